The molecule has 1 aliphatic rings. The summed E-state index contributed by atoms with van der Waals surface area (Å²) in [6.45, 7) is 4.63. The van der Waals surface area contributed by atoms with E-state index in [1.807, 2.05) is 26.0 Å². The summed E-state index contributed by atoms with van der Waals surface area (Å²) in [7, 11) is 0. The fourth-order valence-corrected chi connectivity index (χ4v) is 1.92. The van der Waals surface area contributed by atoms with Gasteiger partial charge in [0.25, 0.3) is 0 Å². The molecule has 0 radical (unpaired) electrons. The Morgan fingerprint density at radius 2 is 2.13 bits per heavy atom. The van der Waals surface area contributed by atoms with E-state index in [0.717, 1.165) is 16.9 Å². The monoisotopic (exact) mass is 207 g/mol. The molecule has 0 amide bonds. The lowest BCUT2D eigenvalue weighted by atomic mass is 9.97. The molecule has 3 N–H and O–H groups in total. The largest absolute Gasteiger partial charge is 0.493 e. The van der Waals surface area contributed by atoms with Crippen molar-refractivity contribution in [1.82, 2.24) is 0 Å². The summed E-state index contributed by atoms with van der Waals surface area (Å²) in [6.07, 6.45) is 0.0794. The number of nitrogens with two attached hydrogens (primary N) is 1. The molecule has 1 heterocycles. The molecule has 0 aromatic heterocycles. The van der Waals surface area contributed by atoms with Gasteiger partial charge < -0.3 is 15.6 Å². The van der Waals surface area contributed by atoms with Crippen molar-refractivity contribution in [2.75, 3.05) is 6.61 Å². The first-order chi connectivity index (χ1) is 7.11. The maximum absolute atomic E-state index is 10.0. The molecule has 0 aliphatic carbocycles. The molecule has 1 aromatic carbocycles. The van der Waals surface area contributed by atoms with Gasteiger partial charge in [0.1, 0.15) is 5.75 Å². The van der Waals surface area contributed by atoms with Crippen molar-refractivity contribution in [3.8, 4) is 5.75 Å². The summed E-state index contributed by atoms with van der Waals surface area (Å²) < 4.78 is 5.66. The minimum atomic E-state index is -0.609. The van der Waals surface area contributed by atoms with Crippen LogP contribution in [0.4, 0.5) is 0 Å². The second kappa shape index (κ2) is 3.83. The first kappa shape index (κ1) is 10.5. The van der Waals surface area contributed by atoms with Crippen molar-refractivity contribution >= 4 is 0 Å². The molecular weight excluding hydrogens is 190 g/mol. The smallest absolute Gasteiger partial charge is 0.128 e. The van der Waals surface area contributed by atoms with E-state index in [1.54, 1.807) is 0 Å². The molecule has 3 nitrogen and oxygen atoms in total. The van der Waals surface area contributed by atoms with Gasteiger partial charge in [-0.25, -0.2) is 0 Å². The normalized spacial score (nSPS) is 25.3. The standard InChI is InChI=1S/C12H17NO2/c1-7-3-4-9-11(14)10(13)5-6-15-12(9)8(7)2/h3-4,10-11,14H,5-6,13H2,1-2H3. The SMILES string of the molecule is Cc1ccc2c(c1C)OCCC(N)C2O. The van der Waals surface area contributed by atoms with E-state index in [9.17, 15) is 5.11 Å². The van der Waals surface area contributed by atoms with Crippen LogP contribution in [0.25, 0.3) is 0 Å². The molecule has 1 aliphatic heterocycles. The highest BCUT2D eigenvalue weighted by molar-refractivity contribution is 5.47. The second-order valence-corrected chi connectivity index (χ2v) is 4.17. The topological polar surface area (TPSA) is 55.5 Å². The Kier molecular flexibility index (Phi) is 2.67. The van der Waals surface area contributed by atoms with Crippen molar-refractivity contribution in [2.24, 2.45) is 5.73 Å². The number of hydrogen-bond donors (Lipinski definition) is 2. The van der Waals surface area contributed by atoms with Crippen molar-refractivity contribution in [3.05, 3.63) is 28.8 Å². The van der Waals surface area contributed by atoms with E-state index >= 15 is 0 Å². The molecule has 3 heteroatoms. The third-order valence-corrected chi connectivity index (χ3v) is 3.13. The van der Waals surface area contributed by atoms with Gasteiger partial charge in [0.15, 0.2) is 0 Å². The fraction of sp³-hybridized carbons (Fsp3) is 0.500. The van der Waals surface area contributed by atoms with Gasteiger partial charge in [-0.15, -0.1) is 0 Å². The molecule has 2 atom stereocenters. The minimum absolute atomic E-state index is 0.228. The molecule has 2 rings (SSSR count). The van der Waals surface area contributed by atoms with Crippen LogP contribution in [0, 0.1) is 13.8 Å². The Bertz CT molecular complexity index is 376. The van der Waals surface area contributed by atoms with Crippen LogP contribution in [0.5, 0.6) is 5.75 Å². The summed E-state index contributed by atoms with van der Waals surface area (Å²) in [5, 5.41) is 10.0. The fourth-order valence-electron chi connectivity index (χ4n) is 1.92. The van der Waals surface area contributed by atoms with Crippen molar-refractivity contribution in [2.45, 2.75) is 32.4 Å². The first-order valence-corrected chi connectivity index (χ1v) is 5.28. The molecule has 2 unspecified atom stereocenters. The Labute approximate surface area is 89.9 Å². The third kappa shape index (κ3) is 1.73. The summed E-state index contributed by atoms with van der Waals surface area (Å²) in [4.78, 5) is 0. The molecule has 15 heavy (non-hydrogen) atoms. The van der Waals surface area contributed by atoms with Gasteiger partial charge in [-0.3, -0.25) is 0 Å². The number of hydrogen-bond acceptors (Lipinski definition) is 3. The molecule has 0 saturated heterocycles. The summed E-state index contributed by atoms with van der Waals surface area (Å²) in [6, 6.07) is 3.68. The Balaban J connectivity index is 2.53. The Morgan fingerprint density at radius 3 is 2.87 bits per heavy atom. The van der Waals surface area contributed by atoms with Crippen LogP contribution in [0.15, 0.2) is 12.1 Å². The molecule has 82 valence electrons. The summed E-state index contributed by atoms with van der Waals surface area (Å²) in [5.74, 6) is 0.815. The van der Waals surface area contributed by atoms with Gasteiger partial charge in [-0.2, -0.15) is 0 Å². The second-order valence-electron chi connectivity index (χ2n) is 4.17. The van der Waals surface area contributed by atoms with Crippen LogP contribution >= 0.6 is 0 Å². The van der Waals surface area contributed by atoms with E-state index in [1.165, 1.54) is 5.56 Å². The minimum Gasteiger partial charge on any atom is -0.493 e. The Hall–Kier alpha value is -1.06. The lowest BCUT2D eigenvalue weighted by Crippen LogP contribution is -2.28. The van der Waals surface area contributed by atoms with Crippen molar-refractivity contribution in [3.63, 3.8) is 0 Å². The first-order valence-electron chi connectivity index (χ1n) is 5.28. The van der Waals surface area contributed by atoms with E-state index in [4.69, 9.17) is 10.5 Å². The maximum atomic E-state index is 10.0. The van der Waals surface area contributed by atoms with Gasteiger partial charge in [0, 0.05) is 11.6 Å². The average Bonchev–Trinajstić information content (AvgIpc) is 2.35. The average molecular weight is 207 g/mol. The molecule has 1 aromatic rings. The van der Waals surface area contributed by atoms with Crippen LogP contribution in [0.1, 0.15) is 29.2 Å². The number of ether oxygens (including phenoxy) is 1. The van der Waals surface area contributed by atoms with E-state index in [2.05, 4.69) is 0 Å². The van der Waals surface area contributed by atoms with Gasteiger partial charge in [-0.1, -0.05) is 12.1 Å². The summed E-state index contributed by atoms with van der Waals surface area (Å²) >= 11 is 0. The lowest BCUT2D eigenvalue weighted by molar-refractivity contribution is 0.145. The predicted octanol–water partition coefficient (Wildman–Crippen LogP) is 1.45. The number of aliphatic hydroxyl groups is 1. The molecule has 0 fully saturated rings. The van der Waals surface area contributed by atoms with E-state index in [-0.39, 0.29) is 6.04 Å². The number of benzene rings is 1. The van der Waals surface area contributed by atoms with Gasteiger partial charge in [0.2, 0.25) is 0 Å². The van der Waals surface area contributed by atoms with E-state index in [0.29, 0.717) is 13.0 Å². The molecule has 0 spiro atoms. The number of fused-ring (bicyclic) bond motifs is 1. The summed E-state index contributed by atoms with van der Waals surface area (Å²) in [5.41, 5.74) is 8.95. The molecular formula is C12H17NO2. The van der Waals surface area contributed by atoms with Crippen molar-refractivity contribution in [1.29, 1.82) is 0 Å². The van der Waals surface area contributed by atoms with E-state index < -0.39 is 6.10 Å². The highest BCUT2D eigenvalue weighted by Crippen LogP contribution is 2.34. The van der Waals surface area contributed by atoms with Crippen LogP contribution in [0.2, 0.25) is 0 Å². The predicted molar refractivity (Wildman–Crippen MR) is 59.0 cm³/mol. The van der Waals surface area contributed by atoms with Crippen LogP contribution in [-0.2, 0) is 0 Å². The van der Waals surface area contributed by atoms with Crippen LogP contribution in [0.3, 0.4) is 0 Å². The number of aryl methyl sites for hydroxylation is 1. The highest BCUT2D eigenvalue weighted by atomic mass is 16.5. The van der Waals surface area contributed by atoms with Gasteiger partial charge in [0.05, 0.1) is 12.7 Å². The quantitative estimate of drug-likeness (QED) is 0.677. The zero-order chi connectivity index (χ0) is 11.0. The number of rotatable bonds is 0. The van der Waals surface area contributed by atoms with Crippen LogP contribution < -0.4 is 10.5 Å². The zero-order valence-corrected chi connectivity index (χ0v) is 9.16. The highest BCUT2D eigenvalue weighted by Gasteiger charge is 2.25. The van der Waals surface area contributed by atoms with Gasteiger partial charge >= 0.3 is 0 Å². The number of aliphatic hydroxyl groups excluding tert-OH is 1. The van der Waals surface area contributed by atoms with Crippen LogP contribution in [-0.4, -0.2) is 17.8 Å². The van der Waals surface area contributed by atoms with Crippen molar-refractivity contribution < 1.29 is 9.84 Å². The molecule has 0 saturated carbocycles. The maximum Gasteiger partial charge on any atom is 0.128 e. The molecule has 0 bridgehead atoms. The Morgan fingerprint density at radius 1 is 1.40 bits per heavy atom. The van der Waals surface area contributed by atoms with Gasteiger partial charge in [-0.05, 0) is 31.4 Å². The zero-order valence-electron chi connectivity index (χ0n) is 9.16. The third-order valence-electron chi connectivity index (χ3n) is 3.13. The lowest BCUT2D eigenvalue weighted by Gasteiger charge is -2.17.